The van der Waals surface area contributed by atoms with Crippen molar-refractivity contribution in [2.45, 2.75) is 47.0 Å². The predicted molar refractivity (Wildman–Crippen MR) is 264 cm³/mol. The van der Waals surface area contributed by atoms with Crippen LogP contribution in [0.25, 0.3) is 76.5 Å². The van der Waals surface area contributed by atoms with Crippen LogP contribution in [0.15, 0.2) is 211 Å². The zero-order chi connectivity index (χ0) is 41.6. The van der Waals surface area contributed by atoms with E-state index in [4.69, 9.17) is 4.99 Å². The second kappa shape index (κ2) is 17.9. The van der Waals surface area contributed by atoms with Gasteiger partial charge in [-0.2, -0.15) is 0 Å². The standard InChI is InChI=1S/C46H34N2.C9H10.C3H8/c1-30(32-10-4-3-5-11-32)47-31(2)33-18-23-39(24-19-33)48-44-15-9-8-14-43(44)46-42-26-21-36(29-38(42)22-27-45(46)48)35-20-25-41-37(28-35)17-16-34-12-6-7-13-40(34)41;1-8(2)9-6-4-3-5-7-9;1-3-2/h4,6-29H,1,3,5H2,2H3;3-7H,1H2,2H3;3H2,1-2H3. The summed E-state index contributed by atoms with van der Waals surface area (Å²) in [4.78, 5) is 4.85. The molecule has 0 spiro atoms. The van der Waals surface area contributed by atoms with Crippen LogP contribution in [0.2, 0.25) is 0 Å². The molecule has 2 nitrogen and oxygen atoms in total. The topological polar surface area (TPSA) is 17.3 Å². The SMILES string of the molecule is C=C(C)c1ccccc1.C=C(N=C(C)c1ccc(-n2c3ccccc3c3c4ccc(-c5ccc6c(ccc7ccccc76)c5)cc4ccc32)cc1)C1=CCCC=C1.CCC. The molecule has 0 unspecified atom stereocenters. The Kier molecular flexibility index (Phi) is 11.8. The molecule has 10 rings (SSSR count). The van der Waals surface area contributed by atoms with E-state index in [0.717, 1.165) is 46.6 Å². The first kappa shape index (κ1) is 39.8. The van der Waals surface area contributed by atoms with Gasteiger partial charge in [0.1, 0.15) is 0 Å². The number of aromatic nitrogens is 1. The molecule has 0 fully saturated rings. The molecule has 0 aliphatic heterocycles. The van der Waals surface area contributed by atoms with Gasteiger partial charge >= 0.3 is 0 Å². The Morgan fingerprint density at radius 3 is 1.83 bits per heavy atom. The Bertz CT molecular complexity index is 3120. The fourth-order valence-electron chi connectivity index (χ4n) is 8.18. The molecule has 1 aliphatic rings. The van der Waals surface area contributed by atoms with E-state index in [1.807, 2.05) is 25.1 Å². The van der Waals surface area contributed by atoms with Gasteiger partial charge in [0.2, 0.25) is 0 Å². The highest BCUT2D eigenvalue weighted by molar-refractivity contribution is 6.21. The lowest BCUT2D eigenvalue weighted by molar-refractivity contribution is 1.02. The summed E-state index contributed by atoms with van der Waals surface area (Å²) in [5.41, 5.74) is 12.3. The molecule has 0 saturated heterocycles. The molecule has 0 atom stereocenters. The lowest BCUT2D eigenvalue weighted by atomic mass is 9.95. The van der Waals surface area contributed by atoms with Gasteiger partial charge in [-0.3, -0.25) is 4.99 Å². The highest BCUT2D eigenvalue weighted by Crippen LogP contribution is 2.39. The van der Waals surface area contributed by atoms with Crippen molar-refractivity contribution < 1.29 is 0 Å². The van der Waals surface area contributed by atoms with Crippen LogP contribution in [-0.4, -0.2) is 10.3 Å². The van der Waals surface area contributed by atoms with E-state index in [9.17, 15) is 0 Å². The minimum atomic E-state index is 0.819. The van der Waals surface area contributed by atoms with E-state index < -0.39 is 0 Å². The van der Waals surface area contributed by atoms with Crippen molar-refractivity contribution in [3.8, 4) is 16.8 Å². The summed E-state index contributed by atoms with van der Waals surface area (Å²) in [6.45, 7) is 16.4. The maximum absolute atomic E-state index is 4.85. The Balaban J connectivity index is 0.000000363. The van der Waals surface area contributed by atoms with Gasteiger partial charge in [-0.1, -0.05) is 185 Å². The molecular formula is C58H52N2. The van der Waals surface area contributed by atoms with E-state index in [2.05, 4.69) is 202 Å². The minimum Gasteiger partial charge on any atom is -0.309 e. The van der Waals surface area contributed by atoms with E-state index >= 15 is 0 Å². The molecule has 0 N–H and O–H groups in total. The molecule has 2 heteroatoms. The van der Waals surface area contributed by atoms with Gasteiger partial charge in [0.05, 0.1) is 16.7 Å². The Labute approximate surface area is 354 Å². The summed E-state index contributed by atoms with van der Waals surface area (Å²) in [5, 5.41) is 10.2. The van der Waals surface area contributed by atoms with Crippen LogP contribution in [0.4, 0.5) is 0 Å². The molecule has 1 aromatic heterocycles. The predicted octanol–water partition coefficient (Wildman–Crippen LogP) is 16.6. The van der Waals surface area contributed by atoms with Crippen LogP contribution in [0.1, 0.15) is 58.1 Å². The van der Waals surface area contributed by atoms with Crippen molar-refractivity contribution >= 4 is 65.4 Å². The summed E-state index contributed by atoms with van der Waals surface area (Å²) in [5.74, 6) is 0. The number of benzene rings is 8. The first-order chi connectivity index (χ1) is 29.3. The second-order valence-electron chi connectivity index (χ2n) is 15.7. The maximum Gasteiger partial charge on any atom is 0.0630 e. The number of para-hydroxylation sites is 1. The molecule has 9 aromatic rings. The van der Waals surface area contributed by atoms with Gasteiger partial charge in [-0.05, 0) is 123 Å². The summed E-state index contributed by atoms with van der Waals surface area (Å²) in [7, 11) is 0. The average molecular weight is 777 g/mol. The molecule has 0 radical (unpaired) electrons. The Hall–Kier alpha value is -7.03. The van der Waals surface area contributed by atoms with Gasteiger partial charge < -0.3 is 4.57 Å². The number of rotatable bonds is 6. The normalized spacial score (nSPS) is 12.5. The van der Waals surface area contributed by atoms with Crippen molar-refractivity contribution in [2.75, 3.05) is 0 Å². The lowest BCUT2D eigenvalue weighted by Gasteiger charge is -2.11. The van der Waals surface area contributed by atoms with Crippen LogP contribution < -0.4 is 0 Å². The average Bonchev–Trinajstić information content (AvgIpc) is 3.64. The fraction of sp³-hybridized carbons (Fsp3) is 0.121. The largest absolute Gasteiger partial charge is 0.309 e. The summed E-state index contributed by atoms with van der Waals surface area (Å²) >= 11 is 0. The third kappa shape index (κ3) is 8.15. The third-order valence-corrected chi connectivity index (χ3v) is 11.2. The van der Waals surface area contributed by atoms with Gasteiger partial charge in [-0.15, -0.1) is 0 Å². The van der Waals surface area contributed by atoms with E-state index in [1.54, 1.807) is 0 Å². The molecule has 60 heavy (non-hydrogen) atoms. The molecule has 1 aliphatic carbocycles. The zero-order valence-corrected chi connectivity index (χ0v) is 35.3. The third-order valence-electron chi connectivity index (χ3n) is 11.2. The molecule has 0 saturated carbocycles. The number of fused-ring (bicyclic) bond motifs is 8. The first-order valence-corrected chi connectivity index (χ1v) is 21.2. The molecule has 8 aromatic carbocycles. The Morgan fingerprint density at radius 2 is 1.15 bits per heavy atom. The molecule has 1 heterocycles. The zero-order valence-electron chi connectivity index (χ0n) is 35.3. The first-order valence-electron chi connectivity index (χ1n) is 21.2. The van der Waals surface area contributed by atoms with Crippen molar-refractivity contribution in [1.82, 2.24) is 4.57 Å². The summed E-state index contributed by atoms with van der Waals surface area (Å²) < 4.78 is 2.39. The van der Waals surface area contributed by atoms with Gasteiger partial charge in [0.15, 0.2) is 0 Å². The molecular weight excluding hydrogens is 725 g/mol. The summed E-state index contributed by atoms with van der Waals surface area (Å²) in [6, 6.07) is 59.1. The minimum absolute atomic E-state index is 0.819. The van der Waals surface area contributed by atoms with E-state index in [0.29, 0.717) is 0 Å². The van der Waals surface area contributed by atoms with Gasteiger partial charge in [0, 0.05) is 22.2 Å². The van der Waals surface area contributed by atoms with Crippen LogP contribution in [-0.2, 0) is 0 Å². The van der Waals surface area contributed by atoms with Crippen molar-refractivity contribution in [3.05, 3.63) is 218 Å². The Morgan fingerprint density at radius 1 is 0.550 bits per heavy atom. The number of allylic oxidation sites excluding steroid dienone is 4. The molecule has 294 valence electrons. The van der Waals surface area contributed by atoms with Gasteiger partial charge in [-0.25, -0.2) is 0 Å². The second-order valence-corrected chi connectivity index (χ2v) is 15.7. The van der Waals surface area contributed by atoms with Crippen LogP contribution in [0.3, 0.4) is 0 Å². The smallest absolute Gasteiger partial charge is 0.0630 e. The van der Waals surface area contributed by atoms with Crippen molar-refractivity contribution in [3.63, 3.8) is 0 Å². The van der Waals surface area contributed by atoms with Gasteiger partial charge in [0.25, 0.3) is 0 Å². The fourth-order valence-corrected chi connectivity index (χ4v) is 8.18. The number of aliphatic imine (C=N–C) groups is 1. The molecule has 0 amide bonds. The van der Waals surface area contributed by atoms with Crippen molar-refractivity contribution in [1.29, 1.82) is 0 Å². The molecule has 0 bridgehead atoms. The van der Waals surface area contributed by atoms with Crippen LogP contribution in [0, 0.1) is 0 Å². The van der Waals surface area contributed by atoms with Crippen LogP contribution >= 0.6 is 0 Å². The quantitative estimate of drug-likeness (QED) is 0.118. The highest BCUT2D eigenvalue weighted by atomic mass is 15.0. The number of hydrogen-bond acceptors (Lipinski definition) is 1. The van der Waals surface area contributed by atoms with E-state index in [1.165, 1.54) is 77.2 Å². The maximum atomic E-state index is 4.85. The van der Waals surface area contributed by atoms with Crippen LogP contribution in [0.5, 0.6) is 0 Å². The highest BCUT2D eigenvalue weighted by Gasteiger charge is 2.16. The number of nitrogens with zero attached hydrogens (tertiary/aromatic N) is 2. The van der Waals surface area contributed by atoms with E-state index in [-0.39, 0.29) is 0 Å². The lowest BCUT2D eigenvalue weighted by Crippen LogP contribution is -1.99. The monoisotopic (exact) mass is 776 g/mol. The number of hydrogen-bond donors (Lipinski definition) is 0. The van der Waals surface area contributed by atoms with Crippen molar-refractivity contribution in [2.24, 2.45) is 4.99 Å². The summed E-state index contributed by atoms with van der Waals surface area (Å²) in [6.07, 6.45) is 9.93.